The fourth-order valence-corrected chi connectivity index (χ4v) is 4.96. The average molecular weight is 396 g/mol. The molecule has 0 bridgehead atoms. The van der Waals surface area contributed by atoms with Gasteiger partial charge in [0.1, 0.15) is 9.90 Å². The van der Waals surface area contributed by atoms with Gasteiger partial charge in [0.05, 0.1) is 15.6 Å². The van der Waals surface area contributed by atoms with Crippen molar-refractivity contribution in [3.8, 4) is 0 Å². The number of hydrogen-bond acceptors (Lipinski definition) is 5. The summed E-state index contributed by atoms with van der Waals surface area (Å²) in [7, 11) is -3.41. The maximum absolute atomic E-state index is 12.4. The molecular formula is C13H11Cl2NO3S3. The maximum Gasteiger partial charge on any atom is 0.257 e. The number of amides is 1. The molecule has 0 atom stereocenters. The van der Waals surface area contributed by atoms with Crippen LogP contribution in [0.15, 0.2) is 33.4 Å². The average Bonchev–Trinajstić information content (AvgIpc) is 2.86. The van der Waals surface area contributed by atoms with Gasteiger partial charge in [0.2, 0.25) is 0 Å². The van der Waals surface area contributed by atoms with Gasteiger partial charge in [-0.05, 0) is 29.8 Å². The van der Waals surface area contributed by atoms with Crippen molar-refractivity contribution >= 4 is 67.0 Å². The van der Waals surface area contributed by atoms with Gasteiger partial charge in [-0.1, -0.05) is 23.2 Å². The van der Waals surface area contributed by atoms with E-state index in [2.05, 4.69) is 5.32 Å². The van der Waals surface area contributed by atoms with Crippen molar-refractivity contribution < 1.29 is 13.2 Å². The molecule has 2 aromatic rings. The highest BCUT2D eigenvalue weighted by molar-refractivity contribution is 7.98. The van der Waals surface area contributed by atoms with Crippen LogP contribution in [0.25, 0.3) is 0 Å². The highest BCUT2D eigenvalue weighted by Crippen LogP contribution is 2.33. The predicted molar refractivity (Wildman–Crippen MR) is 93.6 cm³/mol. The lowest BCUT2D eigenvalue weighted by Gasteiger charge is -2.09. The molecule has 1 N–H and O–H groups in total. The van der Waals surface area contributed by atoms with E-state index in [1.54, 1.807) is 11.4 Å². The standard InChI is InChI=1S/C13H11Cl2NO3S3/c1-20-10-5-7(8(14)6-9(10)15)12(17)16-13-11(3-4-21-13)22(2,18)19/h3-6H,1-2H3,(H,16,17). The van der Waals surface area contributed by atoms with Crippen LogP contribution in [0.2, 0.25) is 10.0 Å². The lowest BCUT2D eigenvalue weighted by atomic mass is 10.2. The molecule has 0 unspecified atom stereocenters. The Labute approximate surface area is 146 Å². The number of carbonyl (C=O) groups excluding carboxylic acids is 1. The van der Waals surface area contributed by atoms with Crippen molar-refractivity contribution in [3.05, 3.63) is 39.2 Å². The van der Waals surface area contributed by atoms with E-state index in [0.717, 1.165) is 17.6 Å². The van der Waals surface area contributed by atoms with E-state index >= 15 is 0 Å². The predicted octanol–water partition coefficient (Wildman–Crippen LogP) is 4.43. The molecule has 1 heterocycles. The zero-order chi connectivity index (χ0) is 16.5. The number of halogens is 2. The molecule has 2 rings (SSSR count). The number of benzene rings is 1. The topological polar surface area (TPSA) is 63.2 Å². The Morgan fingerprint density at radius 1 is 1.27 bits per heavy atom. The summed E-state index contributed by atoms with van der Waals surface area (Å²) in [4.78, 5) is 13.2. The van der Waals surface area contributed by atoms with E-state index in [1.165, 1.54) is 23.9 Å². The lowest BCUT2D eigenvalue weighted by molar-refractivity contribution is 0.102. The van der Waals surface area contributed by atoms with Gasteiger partial charge in [-0.2, -0.15) is 0 Å². The maximum atomic E-state index is 12.4. The first-order chi connectivity index (χ1) is 10.2. The van der Waals surface area contributed by atoms with Crippen molar-refractivity contribution in [1.29, 1.82) is 0 Å². The number of rotatable bonds is 4. The number of nitrogens with one attached hydrogen (secondary N) is 1. The molecule has 0 saturated carbocycles. The monoisotopic (exact) mass is 395 g/mol. The van der Waals surface area contributed by atoms with Crippen LogP contribution < -0.4 is 5.32 Å². The van der Waals surface area contributed by atoms with Crippen LogP contribution in [0.1, 0.15) is 10.4 Å². The zero-order valence-electron chi connectivity index (χ0n) is 11.5. The highest BCUT2D eigenvalue weighted by atomic mass is 35.5. The molecule has 0 spiro atoms. The Bertz CT molecular complexity index is 831. The van der Waals surface area contributed by atoms with Gasteiger partial charge in [0.15, 0.2) is 9.84 Å². The summed E-state index contributed by atoms with van der Waals surface area (Å²) in [5.41, 5.74) is 0.239. The van der Waals surface area contributed by atoms with E-state index in [0.29, 0.717) is 9.92 Å². The van der Waals surface area contributed by atoms with Crippen LogP contribution in [0, 0.1) is 0 Å². The first kappa shape index (κ1) is 17.6. The molecule has 4 nitrogen and oxygen atoms in total. The minimum Gasteiger partial charge on any atom is -0.312 e. The van der Waals surface area contributed by atoms with Gasteiger partial charge in [-0.25, -0.2) is 8.42 Å². The second-order valence-corrected chi connectivity index (χ2v) is 8.87. The van der Waals surface area contributed by atoms with E-state index in [1.807, 2.05) is 6.26 Å². The molecule has 22 heavy (non-hydrogen) atoms. The summed E-state index contributed by atoms with van der Waals surface area (Å²) in [6, 6.07) is 4.53. The smallest absolute Gasteiger partial charge is 0.257 e. The molecule has 1 aromatic carbocycles. The Morgan fingerprint density at radius 2 is 1.95 bits per heavy atom. The molecular weight excluding hydrogens is 385 g/mol. The van der Waals surface area contributed by atoms with Gasteiger partial charge in [0, 0.05) is 11.2 Å². The van der Waals surface area contributed by atoms with E-state index in [-0.39, 0.29) is 20.5 Å². The highest BCUT2D eigenvalue weighted by Gasteiger charge is 2.19. The van der Waals surface area contributed by atoms with E-state index in [4.69, 9.17) is 23.2 Å². The van der Waals surface area contributed by atoms with Crippen molar-refractivity contribution in [1.82, 2.24) is 0 Å². The number of carbonyl (C=O) groups is 1. The zero-order valence-corrected chi connectivity index (χ0v) is 15.5. The third-order valence-corrected chi connectivity index (χ3v) is 6.36. The summed E-state index contributed by atoms with van der Waals surface area (Å²) in [5, 5.41) is 5.12. The van der Waals surface area contributed by atoms with Gasteiger partial charge in [-0.3, -0.25) is 4.79 Å². The fourth-order valence-electron chi connectivity index (χ4n) is 1.71. The number of thiophene rings is 1. The van der Waals surface area contributed by atoms with Gasteiger partial charge in [-0.15, -0.1) is 23.1 Å². The SMILES string of the molecule is CSc1cc(C(=O)Nc2sccc2S(C)(=O)=O)c(Cl)cc1Cl. The molecule has 1 amide bonds. The summed E-state index contributed by atoms with van der Waals surface area (Å²) in [6.07, 6.45) is 2.92. The Hall–Kier alpha value is -0.730. The van der Waals surface area contributed by atoms with E-state index < -0.39 is 15.7 Å². The van der Waals surface area contributed by atoms with Crippen LogP contribution in [-0.4, -0.2) is 26.8 Å². The largest absolute Gasteiger partial charge is 0.312 e. The van der Waals surface area contributed by atoms with Crippen LogP contribution in [-0.2, 0) is 9.84 Å². The minimum atomic E-state index is -3.41. The van der Waals surface area contributed by atoms with E-state index in [9.17, 15) is 13.2 Å². The lowest BCUT2D eigenvalue weighted by Crippen LogP contribution is -2.13. The third-order valence-electron chi connectivity index (χ3n) is 2.74. The van der Waals surface area contributed by atoms with Crippen molar-refractivity contribution in [2.75, 3.05) is 17.8 Å². The Morgan fingerprint density at radius 3 is 2.55 bits per heavy atom. The van der Waals surface area contributed by atoms with Crippen LogP contribution in [0.3, 0.4) is 0 Å². The van der Waals surface area contributed by atoms with Crippen molar-refractivity contribution in [3.63, 3.8) is 0 Å². The molecule has 9 heteroatoms. The van der Waals surface area contributed by atoms with Gasteiger partial charge >= 0.3 is 0 Å². The second kappa shape index (κ2) is 6.80. The molecule has 0 radical (unpaired) electrons. The molecule has 0 aliphatic heterocycles. The number of thioether (sulfide) groups is 1. The normalized spacial score (nSPS) is 11.5. The molecule has 1 aromatic heterocycles. The third kappa shape index (κ3) is 3.78. The fraction of sp³-hybridized carbons (Fsp3) is 0.154. The first-order valence-electron chi connectivity index (χ1n) is 5.86. The minimum absolute atomic E-state index is 0.0843. The van der Waals surface area contributed by atoms with Crippen molar-refractivity contribution in [2.24, 2.45) is 0 Å². The molecule has 0 saturated heterocycles. The quantitative estimate of drug-likeness (QED) is 0.777. The molecule has 0 aliphatic carbocycles. The molecule has 0 aliphatic rings. The molecule has 118 valence electrons. The van der Waals surface area contributed by atoms with Gasteiger partial charge in [0.25, 0.3) is 5.91 Å². The number of hydrogen-bond donors (Lipinski definition) is 1. The Balaban J connectivity index is 2.37. The summed E-state index contributed by atoms with van der Waals surface area (Å²) >= 11 is 14.6. The van der Waals surface area contributed by atoms with Crippen LogP contribution in [0.4, 0.5) is 5.00 Å². The van der Waals surface area contributed by atoms with Gasteiger partial charge < -0.3 is 5.32 Å². The Kier molecular flexibility index (Phi) is 5.45. The second-order valence-electron chi connectivity index (χ2n) is 4.31. The van der Waals surface area contributed by atoms with Crippen LogP contribution >= 0.6 is 46.3 Å². The first-order valence-corrected chi connectivity index (χ1v) is 10.6. The molecule has 0 fully saturated rings. The van der Waals surface area contributed by atoms with Crippen molar-refractivity contribution in [2.45, 2.75) is 9.79 Å². The number of anilines is 1. The summed E-state index contributed by atoms with van der Waals surface area (Å²) < 4.78 is 23.3. The summed E-state index contributed by atoms with van der Waals surface area (Å²) in [5.74, 6) is -0.482. The summed E-state index contributed by atoms with van der Waals surface area (Å²) in [6.45, 7) is 0. The van der Waals surface area contributed by atoms with Crippen LogP contribution in [0.5, 0.6) is 0 Å². The number of sulfone groups is 1.